The summed E-state index contributed by atoms with van der Waals surface area (Å²) in [5.41, 5.74) is 7.13. The molecule has 2 fully saturated rings. The Morgan fingerprint density at radius 3 is 2.56 bits per heavy atom. The third-order valence-corrected chi connectivity index (χ3v) is 6.03. The third kappa shape index (κ3) is 5.14. The van der Waals surface area contributed by atoms with Crippen LogP contribution in [0.5, 0.6) is 0 Å². The van der Waals surface area contributed by atoms with E-state index in [0.717, 1.165) is 30.9 Å². The molecule has 1 saturated carbocycles. The summed E-state index contributed by atoms with van der Waals surface area (Å²) >= 11 is 1.93. The van der Waals surface area contributed by atoms with Crippen LogP contribution in [0.1, 0.15) is 58.1 Å². The number of likely N-dealkylation sites (tertiary alicyclic amines) is 1. The minimum absolute atomic E-state index is 0.0137. The topological polar surface area (TPSA) is 55.6 Å². The first-order valence-corrected chi connectivity index (χ1v) is 10.3. The molecule has 1 amide bonds. The number of benzene rings is 1. The summed E-state index contributed by atoms with van der Waals surface area (Å²) < 4.78 is 5.55. The van der Waals surface area contributed by atoms with Crippen molar-refractivity contribution in [1.29, 1.82) is 0 Å². The summed E-state index contributed by atoms with van der Waals surface area (Å²) in [4.78, 5) is 15.6. The lowest BCUT2D eigenvalue weighted by Crippen LogP contribution is -2.44. The highest BCUT2D eigenvalue weighted by Gasteiger charge is 2.36. The van der Waals surface area contributed by atoms with Crippen molar-refractivity contribution in [3.05, 3.63) is 29.8 Å². The zero-order chi connectivity index (χ0) is 18.0. The number of ether oxygens (including phenoxy) is 1. The molecule has 1 aliphatic carbocycles. The van der Waals surface area contributed by atoms with Gasteiger partial charge in [-0.05, 0) is 70.1 Å². The number of hydrogen-bond donors (Lipinski definition) is 1. The van der Waals surface area contributed by atoms with Crippen LogP contribution in [-0.4, -0.2) is 34.9 Å². The highest BCUT2D eigenvalue weighted by molar-refractivity contribution is 7.99. The number of carbonyl (C=O) groups is 1. The van der Waals surface area contributed by atoms with Gasteiger partial charge in [0.1, 0.15) is 5.60 Å². The number of rotatable bonds is 5. The normalized spacial score (nSPS) is 22.1. The fraction of sp³-hybridized carbons (Fsp3) is 0.650. The predicted molar refractivity (Wildman–Crippen MR) is 103 cm³/mol. The van der Waals surface area contributed by atoms with E-state index in [-0.39, 0.29) is 18.2 Å². The molecule has 2 N–H and O–H groups in total. The van der Waals surface area contributed by atoms with Crippen molar-refractivity contribution in [1.82, 2.24) is 4.90 Å². The molecule has 25 heavy (non-hydrogen) atoms. The predicted octanol–water partition coefficient (Wildman–Crippen LogP) is 4.59. The van der Waals surface area contributed by atoms with Crippen molar-refractivity contribution in [2.45, 2.75) is 69.0 Å². The van der Waals surface area contributed by atoms with E-state index in [1.807, 2.05) is 37.4 Å². The molecule has 1 saturated heterocycles. The molecule has 1 heterocycles. The summed E-state index contributed by atoms with van der Waals surface area (Å²) in [6, 6.07) is 8.40. The SMILES string of the molecule is CC(C)(C)OC(=O)N1CCCC1C(N)c1ccc(SCC2CC2)cc1. The number of carbonyl (C=O) groups excluding carboxylic acids is 1. The largest absolute Gasteiger partial charge is 0.444 e. The molecule has 138 valence electrons. The minimum Gasteiger partial charge on any atom is -0.444 e. The average molecular weight is 363 g/mol. The number of hydrogen-bond acceptors (Lipinski definition) is 4. The van der Waals surface area contributed by atoms with Crippen LogP contribution in [0, 0.1) is 5.92 Å². The lowest BCUT2D eigenvalue weighted by atomic mass is 9.98. The lowest BCUT2D eigenvalue weighted by molar-refractivity contribution is 0.0206. The first kappa shape index (κ1) is 18.6. The van der Waals surface area contributed by atoms with Crippen LogP contribution < -0.4 is 5.73 Å². The second-order valence-corrected chi connectivity index (χ2v) is 9.33. The van der Waals surface area contributed by atoms with Crippen molar-refractivity contribution in [3.8, 4) is 0 Å². The van der Waals surface area contributed by atoms with Gasteiger partial charge in [-0.3, -0.25) is 0 Å². The molecule has 0 bridgehead atoms. The molecule has 0 radical (unpaired) electrons. The maximum atomic E-state index is 12.5. The maximum Gasteiger partial charge on any atom is 0.410 e. The van der Waals surface area contributed by atoms with Gasteiger partial charge in [-0.2, -0.15) is 0 Å². The van der Waals surface area contributed by atoms with Gasteiger partial charge in [-0.15, -0.1) is 11.8 Å². The van der Waals surface area contributed by atoms with Gasteiger partial charge in [0, 0.05) is 17.2 Å². The summed E-state index contributed by atoms with van der Waals surface area (Å²) in [5, 5.41) is 0. The lowest BCUT2D eigenvalue weighted by Gasteiger charge is -2.31. The Balaban J connectivity index is 1.62. The fourth-order valence-electron chi connectivity index (χ4n) is 3.22. The standard InChI is InChI=1S/C20H30N2O2S/c1-20(2,3)24-19(23)22-12-4-5-17(22)18(21)15-8-10-16(11-9-15)25-13-14-6-7-14/h8-11,14,17-18H,4-7,12-13,21H2,1-3H3. The molecule has 0 spiro atoms. The maximum absolute atomic E-state index is 12.5. The molecule has 4 nitrogen and oxygen atoms in total. The number of nitrogens with zero attached hydrogens (tertiary/aromatic N) is 1. The number of amides is 1. The minimum atomic E-state index is -0.477. The van der Waals surface area contributed by atoms with Crippen molar-refractivity contribution >= 4 is 17.9 Å². The van der Waals surface area contributed by atoms with Crippen LogP contribution in [0.25, 0.3) is 0 Å². The van der Waals surface area contributed by atoms with Crippen LogP contribution >= 0.6 is 11.8 Å². The van der Waals surface area contributed by atoms with Gasteiger partial charge in [-0.1, -0.05) is 12.1 Å². The van der Waals surface area contributed by atoms with Gasteiger partial charge in [0.15, 0.2) is 0 Å². The molecule has 2 aliphatic rings. The fourth-order valence-corrected chi connectivity index (χ4v) is 4.31. The Morgan fingerprint density at radius 2 is 1.96 bits per heavy atom. The Morgan fingerprint density at radius 1 is 1.28 bits per heavy atom. The molecule has 5 heteroatoms. The van der Waals surface area contributed by atoms with E-state index in [0.29, 0.717) is 0 Å². The summed E-state index contributed by atoms with van der Waals surface area (Å²) in [6.45, 7) is 6.42. The molecular formula is C20H30N2O2S. The molecule has 1 aliphatic heterocycles. The zero-order valence-electron chi connectivity index (χ0n) is 15.5. The van der Waals surface area contributed by atoms with Crippen molar-refractivity contribution in [3.63, 3.8) is 0 Å². The number of nitrogens with two attached hydrogens (primary N) is 1. The van der Waals surface area contributed by atoms with Gasteiger partial charge in [-0.25, -0.2) is 4.79 Å². The molecule has 2 unspecified atom stereocenters. The smallest absolute Gasteiger partial charge is 0.410 e. The second kappa shape index (κ2) is 7.58. The summed E-state index contributed by atoms with van der Waals surface area (Å²) in [7, 11) is 0. The van der Waals surface area contributed by atoms with E-state index < -0.39 is 5.60 Å². The highest BCUT2D eigenvalue weighted by atomic mass is 32.2. The molecule has 1 aromatic carbocycles. The van der Waals surface area contributed by atoms with Crippen LogP contribution in [0.4, 0.5) is 4.79 Å². The average Bonchev–Trinajstić information content (AvgIpc) is 3.25. The van der Waals surface area contributed by atoms with Crippen molar-refractivity contribution < 1.29 is 9.53 Å². The molecular weight excluding hydrogens is 332 g/mol. The van der Waals surface area contributed by atoms with E-state index in [4.69, 9.17) is 10.5 Å². The van der Waals surface area contributed by atoms with Crippen molar-refractivity contribution in [2.75, 3.05) is 12.3 Å². The third-order valence-electron chi connectivity index (χ3n) is 4.79. The van der Waals surface area contributed by atoms with E-state index in [9.17, 15) is 4.79 Å². The van der Waals surface area contributed by atoms with Gasteiger partial charge >= 0.3 is 6.09 Å². The monoisotopic (exact) mass is 362 g/mol. The van der Waals surface area contributed by atoms with Crippen LogP contribution in [0.15, 0.2) is 29.2 Å². The summed E-state index contributed by atoms with van der Waals surface area (Å²) in [6.07, 6.45) is 4.43. The van der Waals surface area contributed by atoms with E-state index in [1.54, 1.807) is 0 Å². The Hall–Kier alpha value is -1.20. The second-order valence-electron chi connectivity index (χ2n) is 8.23. The zero-order valence-corrected chi connectivity index (χ0v) is 16.3. The van der Waals surface area contributed by atoms with Gasteiger partial charge in [0.05, 0.1) is 12.1 Å². The highest BCUT2D eigenvalue weighted by Crippen LogP contribution is 2.35. The van der Waals surface area contributed by atoms with E-state index in [2.05, 4.69) is 24.3 Å². The number of thioether (sulfide) groups is 1. The molecule has 3 rings (SSSR count). The molecule has 2 atom stereocenters. The van der Waals surface area contributed by atoms with E-state index in [1.165, 1.54) is 23.5 Å². The van der Waals surface area contributed by atoms with Crippen LogP contribution in [0.2, 0.25) is 0 Å². The molecule has 1 aromatic rings. The van der Waals surface area contributed by atoms with Gasteiger partial charge < -0.3 is 15.4 Å². The summed E-state index contributed by atoms with van der Waals surface area (Å²) in [5.74, 6) is 2.15. The first-order valence-electron chi connectivity index (χ1n) is 9.31. The van der Waals surface area contributed by atoms with Gasteiger partial charge in [0.25, 0.3) is 0 Å². The van der Waals surface area contributed by atoms with E-state index >= 15 is 0 Å². The Bertz CT molecular complexity index is 593. The molecule has 0 aromatic heterocycles. The quantitative estimate of drug-likeness (QED) is 0.779. The van der Waals surface area contributed by atoms with Crippen LogP contribution in [-0.2, 0) is 4.74 Å². The van der Waals surface area contributed by atoms with Crippen molar-refractivity contribution in [2.24, 2.45) is 11.7 Å². The first-order chi connectivity index (χ1) is 11.8. The Kier molecular flexibility index (Phi) is 5.64. The van der Waals surface area contributed by atoms with Crippen LogP contribution in [0.3, 0.4) is 0 Å². The van der Waals surface area contributed by atoms with Gasteiger partial charge in [0.2, 0.25) is 0 Å². The Labute approximate surface area is 155 Å².